The highest BCUT2D eigenvalue weighted by Crippen LogP contribution is 2.52. The summed E-state index contributed by atoms with van der Waals surface area (Å²) < 4.78 is 11.2. The minimum Gasteiger partial charge on any atom is -0.457 e. The number of fused-ring (bicyclic) bond motifs is 3. The number of imidazole rings is 1. The molecule has 0 amide bonds. The largest absolute Gasteiger partial charge is 0.457 e. The van der Waals surface area contributed by atoms with Gasteiger partial charge in [0.25, 0.3) is 0 Å². The Balaban J connectivity index is 1.37. The molecule has 0 radical (unpaired) electrons. The molecule has 0 saturated heterocycles. The second-order valence-electron chi connectivity index (χ2n) is 15.5. The summed E-state index contributed by atoms with van der Waals surface area (Å²) in [5.74, 6) is 2.50. The van der Waals surface area contributed by atoms with E-state index in [-0.39, 0.29) is 16.2 Å². The topological polar surface area (TPSA) is 34.2 Å². The molecule has 0 fully saturated rings. The summed E-state index contributed by atoms with van der Waals surface area (Å²) in [6.45, 7) is 18.1. The summed E-state index contributed by atoms with van der Waals surface area (Å²) in [4.78, 5) is 7.23. The highest BCUT2D eigenvalue weighted by molar-refractivity contribution is 5.85. The van der Waals surface area contributed by atoms with Crippen molar-refractivity contribution in [3.63, 3.8) is 0 Å². The molecule has 2 aromatic heterocycles. The zero-order valence-electron chi connectivity index (χ0n) is 29.1. The molecule has 7 rings (SSSR count). The van der Waals surface area contributed by atoms with Gasteiger partial charge in [0.2, 0.25) is 6.33 Å². The van der Waals surface area contributed by atoms with E-state index in [0.29, 0.717) is 0 Å². The van der Waals surface area contributed by atoms with Crippen LogP contribution in [0.1, 0.15) is 77.6 Å². The highest BCUT2D eigenvalue weighted by Gasteiger charge is 2.37. The van der Waals surface area contributed by atoms with Crippen LogP contribution in [0.5, 0.6) is 11.5 Å². The third-order valence-electron chi connectivity index (χ3n) is 9.62. The number of hydrogen-bond acceptors (Lipinski definition) is 3. The molecule has 6 aromatic rings. The molecule has 5 nitrogen and oxygen atoms in total. The van der Waals surface area contributed by atoms with Crippen LogP contribution in [0.15, 0.2) is 110 Å². The molecule has 3 heterocycles. The van der Waals surface area contributed by atoms with Gasteiger partial charge in [-0.2, -0.15) is 4.57 Å². The number of hydrogen-bond donors (Lipinski definition) is 0. The number of anilines is 3. The van der Waals surface area contributed by atoms with Crippen LogP contribution in [0.2, 0.25) is 0 Å². The lowest BCUT2D eigenvalue weighted by Gasteiger charge is -2.41. The van der Waals surface area contributed by atoms with Crippen LogP contribution in [-0.2, 0) is 23.3 Å². The quantitative estimate of drug-likeness (QED) is 0.184. The Hall–Kier alpha value is -4.90. The third kappa shape index (κ3) is 5.38. The molecule has 5 heteroatoms. The molecule has 0 saturated carbocycles. The van der Waals surface area contributed by atoms with Crippen molar-refractivity contribution in [2.75, 3.05) is 4.90 Å². The van der Waals surface area contributed by atoms with Gasteiger partial charge in [0, 0.05) is 23.7 Å². The molecule has 1 aliphatic heterocycles. The van der Waals surface area contributed by atoms with Gasteiger partial charge in [0.05, 0.1) is 18.4 Å². The van der Waals surface area contributed by atoms with Crippen LogP contribution in [0.25, 0.3) is 16.7 Å². The van der Waals surface area contributed by atoms with Crippen molar-refractivity contribution in [3.8, 4) is 17.2 Å². The van der Waals surface area contributed by atoms with Crippen molar-refractivity contribution in [2.24, 2.45) is 7.05 Å². The SMILES string of the molecule is C[n+]1cn(-c2cc(Oc3ccc4c(c3)N(c3cc(C(C)(C)C)ccn3)c3ccccc3C4(C)C)cc(C(C)(C)C)c2)c2ccccc21. The van der Waals surface area contributed by atoms with Gasteiger partial charge in [-0.15, -0.1) is 0 Å². The summed E-state index contributed by atoms with van der Waals surface area (Å²) in [6, 6.07) is 34.7. The van der Waals surface area contributed by atoms with E-state index in [9.17, 15) is 0 Å². The molecular formula is C42H45N4O+. The number of para-hydroxylation sites is 3. The minimum absolute atomic E-state index is 0.00206. The standard InChI is InChI=1S/C42H45N4O/c1-40(2,3)28-20-21-43-39(24-28)46-35-15-11-10-14-33(35)42(7,8)34-19-18-31(26-38(34)46)47-32-23-29(41(4,5)6)22-30(25-32)45-27-44(9)36-16-12-13-17-37(36)45/h10-27H,1-9H3/q+1. The van der Waals surface area contributed by atoms with Gasteiger partial charge in [0.1, 0.15) is 23.0 Å². The lowest BCUT2D eigenvalue weighted by molar-refractivity contribution is -0.645. The van der Waals surface area contributed by atoms with Gasteiger partial charge in [0.15, 0.2) is 11.0 Å². The molecule has 1 aliphatic rings. The lowest BCUT2D eigenvalue weighted by Crippen LogP contribution is -2.31. The zero-order valence-corrected chi connectivity index (χ0v) is 29.1. The first kappa shape index (κ1) is 30.7. The molecule has 0 bridgehead atoms. The van der Waals surface area contributed by atoms with E-state index in [0.717, 1.165) is 39.9 Å². The first-order chi connectivity index (χ1) is 22.2. The van der Waals surface area contributed by atoms with E-state index in [4.69, 9.17) is 9.72 Å². The Morgan fingerprint density at radius 3 is 2.15 bits per heavy atom. The average molecular weight is 622 g/mol. The third-order valence-corrected chi connectivity index (χ3v) is 9.62. The summed E-state index contributed by atoms with van der Waals surface area (Å²) >= 11 is 0. The first-order valence-corrected chi connectivity index (χ1v) is 16.5. The van der Waals surface area contributed by atoms with E-state index < -0.39 is 0 Å². The fourth-order valence-electron chi connectivity index (χ4n) is 6.83. The fourth-order valence-corrected chi connectivity index (χ4v) is 6.83. The average Bonchev–Trinajstić information content (AvgIpc) is 3.37. The van der Waals surface area contributed by atoms with Gasteiger partial charge < -0.3 is 4.74 Å². The molecule has 238 valence electrons. The number of rotatable bonds is 4. The van der Waals surface area contributed by atoms with Crippen LogP contribution in [0, 0.1) is 0 Å². The predicted molar refractivity (Wildman–Crippen MR) is 193 cm³/mol. The van der Waals surface area contributed by atoms with Gasteiger partial charge >= 0.3 is 0 Å². The number of ether oxygens (including phenoxy) is 1. The molecule has 4 aromatic carbocycles. The number of pyridine rings is 1. The molecule has 0 atom stereocenters. The van der Waals surface area contributed by atoms with Crippen molar-refractivity contribution in [1.29, 1.82) is 0 Å². The van der Waals surface area contributed by atoms with E-state index in [1.165, 1.54) is 27.8 Å². The maximum absolute atomic E-state index is 6.81. The number of aryl methyl sites for hydroxylation is 1. The van der Waals surface area contributed by atoms with Gasteiger partial charge in [-0.05, 0) is 81.6 Å². The second kappa shape index (κ2) is 10.8. The van der Waals surface area contributed by atoms with E-state index in [1.54, 1.807) is 0 Å². The summed E-state index contributed by atoms with van der Waals surface area (Å²) in [7, 11) is 2.09. The Morgan fingerprint density at radius 2 is 1.38 bits per heavy atom. The minimum atomic E-state index is -0.201. The van der Waals surface area contributed by atoms with E-state index >= 15 is 0 Å². The van der Waals surface area contributed by atoms with Gasteiger partial charge in [-0.1, -0.05) is 91.8 Å². The monoisotopic (exact) mass is 621 g/mol. The first-order valence-electron chi connectivity index (χ1n) is 16.5. The Bertz CT molecular complexity index is 2140. The van der Waals surface area contributed by atoms with Crippen molar-refractivity contribution in [3.05, 3.63) is 132 Å². The lowest BCUT2D eigenvalue weighted by atomic mass is 9.73. The smallest absolute Gasteiger partial charge is 0.249 e. The van der Waals surface area contributed by atoms with E-state index in [1.807, 2.05) is 6.20 Å². The van der Waals surface area contributed by atoms with E-state index in [2.05, 4.69) is 180 Å². The molecule has 47 heavy (non-hydrogen) atoms. The normalized spacial score (nSPS) is 14.2. The zero-order chi connectivity index (χ0) is 33.3. The number of nitrogens with zero attached hydrogens (tertiary/aromatic N) is 4. The van der Waals surface area contributed by atoms with Gasteiger partial charge in [-0.3, -0.25) is 4.90 Å². The van der Waals surface area contributed by atoms with Crippen LogP contribution >= 0.6 is 0 Å². The summed E-state index contributed by atoms with van der Waals surface area (Å²) in [5.41, 5.74) is 10.3. The Morgan fingerprint density at radius 1 is 0.681 bits per heavy atom. The number of benzene rings is 4. The van der Waals surface area contributed by atoms with Crippen molar-refractivity contribution >= 4 is 28.2 Å². The molecule has 0 N–H and O–H groups in total. The van der Waals surface area contributed by atoms with Crippen molar-refractivity contribution in [1.82, 2.24) is 9.55 Å². The van der Waals surface area contributed by atoms with Crippen molar-refractivity contribution in [2.45, 2.75) is 71.6 Å². The van der Waals surface area contributed by atoms with Crippen LogP contribution in [0.4, 0.5) is 17.2 Å². The molecular weight excluding hydrogens is 576 g/mol. The van der Waals surface area contributed by atoms with Crippen LogP contribution < -0.4 is 14.2 Å². The molecule has 0 spiro atoms. The highest BCUT2D eigenvalue weighted by atomic mass is 16.5. The van der Waals surface area contributed by atoms with Crippen LogP contribution in [0.3, 0.4) is 0 Å². The predicted octanol–water partition coefficient (Wildman–Crippen LogP) is 10.3. The number of aromatic nitrogens is 3. The Kier molecular flexibility index (Phi) is 7.09. The fraction of sp³-hybridized carbons (Fsp3) is 0.286. The molecule has 0 unspecified atom stereocenters. The van der Waals surface area contributed by atoms with Gasteiger partial charge in [-0.25, -0.2) is 9.55 Å². The maximum Gasteiger partial charge on any atom is 0.249 e. The summed E-state index contributed by atoms with van der Waals surface area (Å²) in [6.07, 6.45) is 4.08. The molecule has 0 aliphatic carbocycles. The maximum atomic E-state index is 6.81. The Labute approximate surface area is 279 Å². The summed E-state index contributed by atoms with van der Waals surface area (Å²) in [5, 5.41) is 0. The van der Waals surface area contributed by atoms with Crippen molar-refractivity contribution < 1.29 is 9.30 Å². The van der Waals surface area contributed by atoms with Crippen LogP contribution in [-0.4, -0.2) is 9.55 Å². The second-order valence-corrected chi connectivity index (χ2v) is 15.5.